The Morgan fingerprint density at radius 2 is 1.82 bits per heavy atom. The maximum absolute atomic E-state index is 14.7. The van der Waals surface area contributed by atoms with Crippen molar-refractivity contribution in [2.75, 3.05) is 10.5 Å². The standard InChI is InChI=1S/C18H18Br2FNO5S/c1-3-28(25,26)22-15-5-10(2)4-12(17(15)21)9-27-18-13(19)6-11(7-14(18)20)8-16(23)24/h4-7,22H,3,8-9H2,1-2H3,(H,23,24). The Morgan fingerprint density at radius 3 is 2.36 bits per heavy atom. The average molecular weight is 539 g/mol. The third kappa shape index (κ3) is 5.92. The first-order valence-corrected chi connectivity index (χ1v) is 11.4. The molecule has 152 valence electrons. The van der Waals surface area contributed by atoms with Crippen molar-refractivity contribution in [1.82, 2.24) is 0 Å². The van der Waals surface area contributed by atoms with Gasteiger partial charge in [-0.3, -0.25) is 9.52 Å². The number of hydrogen-bond donors (Lipinski definition) is 2. The van der Waals surface area contributed by atoms with E-state index >= 15 is 0 Å². The first kappa shape index (κ1) is 22.6. The fourth-order valence-corrected chi connectivity index (χ4v) is 4.58. The van der Waals surface area contributed by atoms with Crippen molar-refractivity contribution in [3.05, 3.63) is 55.7 Å². The van der Waals surface area contributed by atoms with Crippen molar-refractivity contribution in [2.45, 2.75) is 26.9 Å². The van der Waals surface area contributed by atoms with Crippen LogP contribution in [0.15, 0.2) is 33.2 Å². The molecule has 2 aromatic rings. The lowest BCUT2D eigenvalue weighted by atomic mass is 10.1. The topological polar surface area (TPSA) is 92.7 Å². The van der Waals surface area contributed by atoms with Crippen LogP contribution in [0, 0.1) is 12.7 Å². The summed E-state index contributed by atoms with van der Waals surface area (Å²) in [7, 11) is -3.62. The average Bonchev–Trinajstić information content (AvgIpc) is 2.57. The van der Waals surface area contributed by atoms with Crippen molar-refractivity contribution in [2.24, 2.45) is 0 Å². The van der Waals surface area contributed by atoms with Crippen LogP contribution in [-0.2, 0) is 27.8 Å². The molecule has 0 saturated carbocycles. The van der Waals surface area contributed by atoms with Gasteiger partial charge in [0.25, 0.3) is 0 Å². The number of sulfonamides is 1. The van der Waals surface area contributed by atoms with Crippen molar-refractivity contribution in [1.29, 1.82) is 0 Å². The summed E-state index contributed by atoms with van der Waals surface area (Å²) in [6, 6.07) is 6.21. The van der Waals surface area contributed by atoms with Gasteiger partial charge in [-0.15, -0.1) is 0 Å². The van der Waals surface area contributed by atoms with E-state index in [-0.39, 0.29) is 30.0 Å². The molecule has 2 aromatic carbocycles. The van der Waals surface area contributed by atoms with Gasteiger partial charge in [-0.05, 0) is 81.1 Å². The molecule has 2 N–H and O–H groups in total. The van der Waals surface area contributed by atoms with Gasteiger partial charge < -0.3 is 9.84 Å². The van der Waals surface area contributed by atoms with E-state index in [9.17, 15) is 17.6 Å². The molecular formula is C18H18Br2FNO5S. The number of carboxylic acid groups (broad SMARTS) is 1. The highest BCUT2D eigenvalue weighted by Gasteiger charge is 2.17. The van der Waals surface area contributed by atoms with Crippen molar-refractivity contribution >= 4 is 53.5 Å². The highest BCUT2D eigenvalue weighted by atomic mass is 79.9. The maximum Gasteiger partial charge on any atom is 0.307 e. The SMILES string of the molecule is CCS(=O)(=O)Nc1cc(C)cc(COc2c(Br)cc(CC(=O)O)cc2Br)c1F. The Bertz CT molecular complexity index is 988. The summed E-state index contributed by atoms with van der Waals surface area (Å²) in [4.78, 5) is 10.9. The van der Waals surface area contributed by atoms with Crippen LogP contribution >= 0.6 is 31.9 Å². The monoisotopic (exact) mass is 537 g/mol. The normalized spacial score (nSPS) is 11.3. The second-order valence-electron chi connectivity index (χ2n) is 6.04. The van der Waals surface area contributed by atoms with Gasteiger partial charge in [0.1, 0.15) is 12.4 Å². The van der Waals surface area contributed by atoms with Crippen LogP contribution in [0.25, 0.3) is 0 Å². The number of benzene rings is 2. The maximum atomic E-state index is 14.7. The smallest absolute Gasteiger partial charge is 0.307 e. The van der Waals surface area contributed by atoms with E-state index in [1.54, 1.807) is 25.1 Å². The summed E-state index contributed by atoms with van der Waals surface area (Å²) in [6.45, 7) is 3.03. The molecule has 0 aliphatic rings. The van der Waals surface area contributed by atoms with Crippen LogP contribution in [0.1, 0.15) is 23.6 Å². The number of carbonyl (C=O) groups is 1. The second-order valence-corrected chi connectivity index (χ2v) is 9.76. The van der Waals surface area contributed by atoms with Crippen LogP contribution in [0.5, 0.6) is 5.75 Å². The molecule has 0 aliphatic carbocycles. The third-order valence-electron chi connectivity index (χ3n) is 3.72. The molecule has 2 rings (SSSR count). The highest BCUT2D eigenvalue weighted by molar-refractivity contribution is 9.11. The zero-order valence-corrected chi connectivity index (χ0v) is 19.0. The molecule has 0 radical (unpaired) electrons. The summed E-state index contributed by atoms with van der Waals surface area (Å²) >= 11 is 6.65. The van der Waals surface area contributed by atoms with Crippen LogP contribution < -0.4 is 9.46 Å². The Balaban J connectivity index is 2.28. The van der Waals surface area contributed by atoms with Gasteiger partial charge in [-0.1, -0.05) is 0 Å². The van der Waals surface area contributed by atoms with Gasteiger partial charge in [-0.2, -0.15) is 0 Å². The fourth-order valence-electron chi connectivity index (χ4n) is 2.44. The van der Waals surface area contributed by atoms with Gasteiger partial charge in [0.15, 0.2) is 5.82 Å². The molecule has 0 saturated heterocycles. The minimum atomic E-state index is -3.62. The van der Waals surface area contributed by atoms with E-state index in [2.05, 4.69) is 36.6 Å². The van der Waals surface area contributed by atoms with Gasteiger partial charge in [0, 0.05) is 5.56 Å². The van der Waals surface area contributed by atoms with E-state index < -0.39 is 21.8 Å². The van der Waals surface area contributed by atoms with Crippen LogP contribution in [-0.4, -0.2) is 25.2 Å². The summed E-state index contributed by atoms with van der Waals surface area (Å²) in [5.41, 5.74) is 1.29. The van der Waals surface area contributed by atoms with Crippen LogP contribution in [0.4, 0.5) is 10.1 Å². The molecule has 0 aliphatic heterocycles. The first-order valence-electron chi connectivity index (χ1n) is 8.14. The molecule has 28 heavy (non-hydrogen) atoms. The van der Waals surface area contributed by atoms with E-state index in [0.717, 1.165) is 0 Å². The van der Waals surface area contributed by atoms with Crippen molar-refractivity contribution in [3.8, 4) is 5.75 Å². The van der Waals surface area contributed by atoms with Gasteiger partial charge in [-0.25, -0.2) is 12.8 Å². The number of halogens is 3. The summed E-state index contributed by atoms with van der Waals surface area (Å²) in [6.07, 6.45) is -0.148. The zero-order valence-electron chi connectivity index (χ0n) is 15.1. The minimum Gasteiger partial charge on any atom is -0.486 e. The second kappa shape index (κ2) is 9.23. The number of aryl methyl sites for hydroxylation is 1. The number of nitrogens with one attached hydrogen (secondary N) is 1. The molecule has 0 atom stereocenters. The number of anilines is 1. The van der Waals surface area contributed by atoms with E-state index in [1.165, 1.54) is 13.0 Å². The number of hydrogen-bond acceptors (Lipinski definition) is 4. The lowest BCUT2D eigenvalue weighted by Crippen LogP contribution is -2.16. The Labute approximate surface area is 179 Å². The Hall–Kier alpha value is -1.65. The molecule has 0 bridgehead atoms. The summed E-state index contributed by atoms with van der Waals surface area (Å²) in [5.74, 6) is -1.46. The molecule has 10 heteroatoms. The molecule has 6 nitrogen and oxygen atoms in total. The van der Waals surface area contributed by atoms with E-state index in [1.807, 2.05) is 0 Å². The molecule has 0 heterocycles. The van der Waals surface area contributed by atoms with Crippen molar-refractivity contribution in [3.63, 3.8) is 0 Å². The van der Waals surface area contributed by atoms with E-state index in [4.69, 9.17) is 9.84 Å². The fraction of sp³-hybridized carbons (Fsp3) is 0.278. The largest absolute Gasteiger partial charge is 0.486 e. The van der Waals surface area contributed by atoms with Gasteiger partial charge in [0.05, 0.1) is 26.8 Å². The lowest BCUT2D eigenvalue weighted by molar-refractivity contribution is -0.136. The zero-order chi connectivity index (χ0) is 21.1. The number of carboxylic acids is 1. The summed E-state index contributed by atoms with van der Waals surface area (Å²) < 4.78 is 47.2. The van der Waals surface area contributed by atoms with E-state index in [0.29, 0.717) is 25.8 Å². The van der Waals surface area contributed by atoms with Crippen LogP contribution in [0.3, 0.4) is 0 Å². The number of ether oxygens (including phenoxy) is 1. The van der Waals surface area contributed by atoms with Crippen LogP contribution in [0.2, 0.25) is 0 Å². The molecule has 0 spiro atoms. The third-order valence-corrected chi connectivity index (χ3v) is 6.19. The number of rotatable bonds is 8. The highest BCUT2D eigenvalue weighted by Crippen LogP contribution is 2.36. The lowest BCUT2D eigenvalue weighted by Gasteiger charge is -2.15. The predicted octanol–water partition coefficient (Wildman–Crippen LogP) is 4.63. The van der Waals surface area contributed by atoms with Gasteiger partial charge in [0.2, 0.25) is 10.0 Å². The molecule has 0 unspecified atom stereocenters. The first-order chi connectivity index (χ1) is 13.0. The Kier molecular flexibility index (Phi) is 7.46. The molecule has 0 amide bonds. The molecular weight excluding hydrogens is 521 g/mol. The minimum absolute atomic E-state index is 0.129. The quantitative estimate of drug-likeness (QED) is 0.511. The summed E-state index contributed by atoms with van der Waals surface area (Å²) in [5, 5.41) is 8.90. The Morgan fingerprint density at radius 1 is 1.21 bits per heavy atom. The predicted molar refractivity (Wildman–Crippen MR) is 112 cm³/mol. The number of aliphatic carboxylic acids is 1. The molecule has 0 aromatic heterocycles. The molecule has 0 fully saturated rings. The van der Waals surface area contributed by atoms with Gasteiger partial charge >= 0.3 is 5.97 Å². The van der Waals surface area contributed by atoms with Crippen molar-refractivity contribution < 1.29 is 27.4 Å².